The lowest BCUT2D eigenvalue weighted by Crippen LogP contribution is -2.00. The van der Waals surface area contributed by atoms with Crippen LogP contribution in [0, 0.1) is 0 Å². The fraction of sp³-hybridized carbons (Fsp3) is 0. The highest BCUT2D eigenvalue weighted by molar-refractivity contribution is 7.28. The van der Waals surface area contributed by atoms with E-state index in [1.807, 2.05) is 83.3 Å². The monoisotopic (exact) mass is 762 g/mol. The fourth-order valence-corrected chi connectivity index (χ4v) is 10.8. The van der Waals surface area contributed by atoms with Gasteiger partial charge in [-0.2, -0.15) is 0 Å². The molecule has 0 aliphatic carbocycles. The molecule has 8 aromatic carbocycles. The molecule has 0 amide bonds. The standard InChI is InChI=1S/C51H30N4S2/c1-3-13-32(14-4-1)49-52-50(33-15-5-2-6-16-33)54-51(53-49)34-25-23-31(24-26-34)39-29-35(55-41-20-10-7-17-36(41)37-18-8-11-21-42(37)55)30-40-47-45(57-48(39)40)28-27-44-46(47)38-19-9-12-22-43(38)56-44/h1-30H. The number of fused-ring (bicyclic) bond motifs is 10. The molecule has 266 valence electrons. The van der Waals surface area contributed by atoms with Crippen molar-refractivity contribution in [3.05, 3.63) is 182 Å². The van der Waals surface area contributed by atoms with E-state index in [0.29, 0.717) is 17.5 Å². The number of nitrogens with zero attached hydrogens (tertiary/aromatic N) is 4. The van der Waals surface area contributed by atoms with Crippen molar-refractivity contribution in [2.45, 2.75) is 0 Å². The lowest BCUT2D eigenvalue weighted by molar-refractivity contribution is 1.07. The predicted molar refractivity (Wildman–Crippen MR) is 242 cm³/mol. The number of hydrogen-bond donors (Lipinski definition) is 0. The van der Waals surface area contributed by atoms with Crippen LogP contribution in [0.25, 0.3) is 113 Å². The van der Waals surface area contributed by atoms with E-state index in [2.05, 4.69) is 126 Å². The third kappa shape index (κ3) is 5.15. The average Bonchev–Trinajstić information content (AvgIpc) is 3.96. The van der Waals surface area contributed by atoms with Crippen LogP contribution in [0.4, 0.5) is 0 Å². The van der Waals surface area contributed by atoms with E-state index in [9.17, 15) is 0 Å². The van der Waals surface area contributed by atoms with Gasteiger partial charge in [0.2, 0.25) is 0 Å². The summed E-state index contributed by atoms with van der Waals surface area (Å²) >= 11 is 3.76. The van der Waals surface area contributed by atoms with Gasteiger partial charge in [-0.05, 0) is 48.0 Å². The zero-order valence-corrected chi connectivity index (χ0v) is 32.1. The van der Waals surface area contributed by atoms with Crippen molar-refractivity contribution in [1.29, 1.82) is 0 Å². The van der Waals surface area contributed by atoms with Gasteiger partial charge in [0.1, 0.15) is 0 Å². The molecule has 0 aliphatic rings. The molecule has 12 rings (SSSR count). The van der Waals surface area contributed by atoms with Crippen LogP contribution in [0.15, 0.2) is 182 Å². The first kappa shape index (κ1) is 32.3. The Balaban J connectivity index is 1.10. The predicted octanol–water partition coefficient (Wildman–Crippen LogP) is 14.4. The molecule has 57 heavy (non-hydrogen) atoms. The Bertz CT molecular complexity index is 3400. The zero-order valence-electron chi connectivity index (χ0n) is 30.4. The molecule has 0 bridgehead atoms. The lowest BCUT2D eigenvalue weighted by atomic mass is 9.98. The first-order chi connectivity index (χ1) is 28.2. The van der Waals surface area contributed by atoms with Crippen LogP contribution in [0.2, 0.25) is 0 Å². The minimum Gasteiger partial charge on any atom is -0.309 e. The van der Waals surface area contributed by atoms with E-state index < -0.39 is 0 Å². The van der Waals surface area contributed by atoms with Crippen LogP contribution in [-0.2, 0) is 0 Å². The van der Waals surface area contributed by atoms with Gasteiger partial charge in [-0.3, -0.25) is 0 Å². The maximum atomic E-state index is 5.01. The van der Waals surface area contributed by atoms with Gasteiger partial charge in [0.05, 0.1) is 11.0 Å². The Kier molecular flexibility index (Phi) is 7.24. The number of thiophene rings is 2. The van der Waals surface area contributed by atoms with Crippen molar-refractivity contribution in [1.82, 2.24) is 19.5 Å². The fourth-order valence-electron chi connectivity index (χ4n) is 8.45. The van der Waals surface area contributed by atoms with Crippen molar-refractivity contribution in [2.24, 2.45) is 0 Å². The molecule has 0 atom stereocenters. The second-order valence-corrected chi connectivity index (χ2v) is 16.5. The highest BCUT2D eigenvalue weighted by Gasteiger charge is 2.20. The van der Waals surface area contributed by atoms with E-state index in [0.717, 1.165) is 27.9 Å². The summed E-state index contributed by atoms with van der Waals surface area (Å²) in [4.78, 5) is 14.9. The first-order valence-electron chi connectivity index (χ1n) is 19.0. The van der Waals surface area contributed by atoms with E-state index >= 15 is 0 Å². The molecule has 0 unspecified atom stereocenters. The summed E-state index contributed by atoms with van der Waals surface area (Å²) in [6.07, 6.45) is 0. The summed E-state index contributed by atoms with van der Waals surface area (Å²) in [7, 11) is 0. The van der Waals surface area contributed by atoms with Gasteiger partial charge < -0.3 is 4.57 Å². The van der Waals surface area contributed by atoms with Crippen molar-refractivity contribution in [3.8, 4) is 51.0 Å². The molecular formula is C51H30N4S2. The Morgan fingerprint density at radius 3 is 1.44 bits per heavy atom. The molecule has 0 spiro atoms. The molecule has 4 heterocycles. The number of para-hydroxylation sites is 2. The molecule has 0 aliphatic heterocycles. The Hall–Kier alpha value is -6.99. The number of benzene rings is 8. The van der Waals surface area contributed by atoms with Crippen LogP contribution >= 0.6 is 22.7 Å². The quantitative estimate of drug-likeness (QED) is 0.175. The minimum absolute atomic E-state index is 0.645. The van der Waals surface area contributed by atoms with Crippen molar-refractivity contribution < 1.29 is 0 Å². The second kappa shape index (κ2) is 12.8. The topological polar surface area (TPSA) is 43.6 Å². The van der Waals surface area contributed by atoms with E-state index in [-0.39, 0.29) is 0 Å². The van der Waals surface area contributed by atoms with E-state index in [1.54, 1.807) is 0 Å². The number of rotatable bonds is 5. The maximum Gasteiger partial charge on any atom is 0.164 e. The van der Waals surface area contributed by atoms with Crippen molar-refractivity contribution in [3.63, 3.8) is 0 Å². The minimum atomic E-state index is 0.645. The van der Waals surface area contributed by atoms with Crippen LogP contribution in [0.3, 0.4) is 0 Å². The summed E-state index contributed by atoms with van der Waals surface area (Å²) in [6, 6.07) is 64.8. The molecule has 0 saturated heterocycles. The van der Waals surface area contributed by atoms with Gasteiger partial charge in [-0.15, -0.1) is 22.7 Å². The number of hydrogen-bond acceptors (Lipinski definition) is 5. The normalized spacial score (nSPS) is 11.9. The molecular weight excluding hydrogens is 733 g/mol. The van der Waals surface area contributed by atoms with E-state index in [1.165, 1.54) is 67.7 Å². The SMILES string of the molecule is c1ccc(-c2nc(-c3ccccc3)nc(-c3ccc(-c4cc(-n5c6ccccc6c6ccccc65)cc5c4sc4ccc6sc7ccccc7c6c45)cc3)n2)cc1. The van der Waals surface area contributed by atoms with Gasteiger partial charge in [0, 0.05) is 79.1 Å². The third-order valence-corrected chi connectivity index (χ3v) is 13.4. The zero-order chi connectivity index (χ0) is 37.5. The Labute approximate surface area is 335 Å². The molecule has 0 N–H and O–H groups in total. The lowest BCUT2D eigenvalue weighted by Gasteiger charge is -2.13. The average molecular weight is 763 g/mol. The molecule has 0 radical (unpaired) electrons. The highest BCUT2D eigenvalue weighted by atomic mass is 32.1. The third-order valence-electron chi connectivity index (χ3n) is 11.1. The van der Waals surface area contributed by atoms with Gasteiger partial charge >= 0.3 is 0 Å². The van der Waals surface area contributed by atoms with Crippen LogP contribution in [0.5, 0.6) is 0 Å². The van der Waals surface area contributed by atoms with E-state index in [4.69, 9.17) is 15.0 Å². The smallest absolute Gasteiger partial charge is 0.164 e. The van der Waals surface area contributed by atoms with Crippen molar-refractivity contribution in [2.75, 3.05) is 0 Å². The van der Waals surface area contributed by atoms with Gasteiger partial charge in [0.25, 0.3) is 0 Å². The summed E-state index contributed by atoms with van der Waals surface area (Å²) in [5.41, 5.74) is 8.74. The maximum absolute atomic E-state index is 5.01. The highest BCUT2D eigenvalue weighted by Crippen LogP contribution is 2.48. The summed E-state index contributed by atoms with van der Waals surface area (Å²) < 4.78 is 7.66. The second-order valence-electron chi connectivity index (χ2n) is 14.4. The van der Waals surface area contributed by atoms with Crippen LogP contribution in [-0.4, -0.2) is 19.5 Å². The molecule has 6 heteroatoms. The van der Waals surface area contributed by atoms with Crippen LogP contribution in [0.1, 0.15) is 0 Å². The first-order valence-corrected chi connectivity index (χ1v) is 20.7. The Morgan fingerprint density at radius 2 is 0.825 bits per heavy atom. The summed E-state index contributed by atoms with van der Waals surface area (Å²) in [5.74, 6) is 1.95. The summed E-state index contributed by atoms with van der Waals surface area (Å²) in [6.45, 7) is 0. The van der Waals surface area contributed by atoms with Gasteiger partial charge in [-0.25, -0.2) is 15.0 Å². The molecule has 4 nitrogen and oxygen atoms in total. The largest absolute Gasteiger partial charge is 0.309 e. The molecule has 0 fully saturated rings. The number of aromatic nitrogens is 4. The van der Waals surface area contributed by atoms with Gasteiger partial charge in [0.15, 0.2) is 17.5 Å². The molecule has 0 saturated carbocycles. The Morgan fingerprint density at radius 1 is 0.351 bits per heavy atom. The molecule has 4 aromatic heterocycles. The van der Waals surface area contributed by atoms with Gasteiger partial charge in [-0.1, -0.05) is 140 Å². The van der Waals surface area contributed by atoms with Crippen LogP contribution < -0.4 is 0 Å². The van der Waals surface area contributed by atoms with Crippen molar-refractivity contribution >= 4 is 84.8 Å². The summed E-state index contributed by atoms with van der Waals surface area (Å²) in [5, 5.41) is 7.78. The molecule has 12 aromatic rings.